The van der Waals surface area contributed by atoms with Crippen molar-refractivity contribution < 1.29 is 14.4 Å². The number of aryl methyl sites for hydroxylation is 1. The summed E-state index contributed by atoms with van der Waals surface area (Å²) in [5, 5.41) is 8.37. The van der Waals surface area contributed by atoms with Gasteiger partial charge in [-0.3, -0.25) is 14.4 Å². The summed E-state index contributed by atoms with van der Waals surface area (Å²) < 4.78 is 0. The Hall–Kier alpha value is -3.15. The molecule has 0 bridgehead atoms. The number of carbonyl (C=O) groups excluding carboxylic acids is 3. The minimum absolute atomic E-state index is 0.159. The first kappa shape index (κ1) is 22.1. The maximum absolute atomic E-state index is 12.8. The van der Waals surface area contributed by atoms with Crippen LogP contribution in [0.5, 0.6) is 0 Å². The molecule has 3 amide bonds. The number of anilines is 2. The van der Waals surface area contributed by atoms with E-state index in [-0.39, 0.29) is 23.6 Å². The molecule has 29 heavy (non-hydrogen) atoms. The van der Waals surface area contributed by atoms with E-state index < -0.39 is 6.04 Å². The maximum atomic E-state index is 12.8. The maximum Gasteiger partial charge on any atom is 0.251 e. The fraction of sp³-hybridized carbons (Fsp3) is 0.348. The highest BCUT2D eigenvalue weighted by Crippen LogP contribution is 2.15. The summed E-state index contributed by atoms with van der Waals surface area (Å²) in [4.78, 5) is 36.5. The van der Waals surface area contributed by atoms with Crippen LogP contribution in [0.15, 0.2) is 48.5 Å². The lowest BCUT2D eigenvalue weighted by Gasteiger charge is -2.20. The van der Waals surface area contributed by atoms with Gasteiger partial charge in [-0.25, -0.2) is 0 Å². The van der Waals surface area contributed by atoms with Gasteiger partial charge in [-0.1, -0.05) is 32.9 Å². The van der Waals surface area contributed by atoms with Crippen LogP contribution in [0, 0.1) is 5.92 Å². The van der Waals surface area contributed by atoms with E-state index in [2.05, 4.69) is 22.9 Å². The summed E-state index contributed by atoms with van der Waals surface area (Å²) in [6.07, 6.45) is 1.43. The predicted molar refractivity (Wildman–Crippen MR) is 116 cm³/mol. The molecule has 0 heterocycles. The van der Waals surface area contributed by atoms with Crippen molar-refractivity contribution in [3.8, 4) is 0 Å². The average Bonchev–Trinajstić information content (AvgIpc) is 2.68. The fourth-order valence-corrected chi connectivity index (χ4v) is 2.91. The lowest BCUT2D eigenvalue weighted by molar-refractivity contribution is -0.118. The summed E-state index contributed by atoms with van der Waals surface area (Å²) >= 11 is 0. The first-order chi connectivity index (χ1) is 13.8. The van der Waals surface area contributed by atoms with Crippen LogP contribution in [0.3, 0.4) is 0 Å². The monoisotopic (exact) mass is 395 g/mol. The third kappa shape index (κ3) is 7.07. The van der Waals surface area contributed by atoms with Gasteiger partial charge in [0.1, 0.15) is 6.04 Å². The molecular formula is C23H29N3O3. The molecule has 6 heteroatoms. The van der Waals surface area contributed by atoms with Crippen LogP contribution in [0.2, 0.25) is 0 Å². The topological polar surface area (TPSA) is 87.3 Å². The van der Waals surface area contributed by atoms with Gasteiger partial charge in [-0.15, -0.1) is 0 Å². The van der Waals surface area contributed by atoms with Gasteiger partial charge >= 0.3 is 0 Å². The molecular weight excluding hydrogens is 366 g/mol. The molecule has 2 rings (SSSR count). The molecule has 6 nitrogen and oxygen atoms in total. The molecule has 2 aromatic rings. The molecule has 0 aliphatic rings. The Morgan fingerprint density at radius 1 is 0.862 bits per heavy atom. The molecule has 0 saturated heterocycles. The molecule has 3 N–H and O–H groups in total. The molecule has 1 unspecified atom stereocenters. The van der Waals surface area contributed by atoms with Gasteiger partial charge in [0.25, 0.3) is 5.91 Å². The zero-order valence-electron chi connectivity index (χ0n) is 17.4. The molecule has 0 spiro atoms. The van der Waals surface area contributed by atoms with E-state index in [1.807, 2.05) is 26.0 Å². The quantitative estimate of drug-likeness (QED) is 0.631. The molecule has 154 valence electrons. The minimum atomic E-state index is -0.650. The van der Waals surface area contributed by atoms with Crippen molar-refractivity contribution in [2.45, 2.75) is 46.6 Å². The summed E-state index contributed by atoms with van der Waals surface area (Å²) in [6.45, 7) is 7.50. The van der Waals surface area contributed by atoms with Crippen LogP contribution in [-0.2, 0) is 16.0 Å². The van der Waals surface area contributed by atoms with Gasteiger partial charge in [-0.05, 0) is 60.7 Å². The fourth-order valence-electron chi connectivity index (χ4n) is 2.91. The first-order valence-electron chi connectivity index (χ1n) is 9.86. The molecule has 0 radical (unpaired) electrons. The highest BCUT2D eigenvalue weighted by Gasteiger charge is 2.22. The van der Waals surface area contributed by atoms with Gasteiger partial charge in [0.15, 0.2) is 0 Å². The van der Waals surface area contributed by atoms with E-state index in [1.54, 1.807) is 36.4 Å². The van der Waals surface area contributed by atoms with E-state index in [0.29, 0.717) is 23.4 Å². The Labute approximate surface area is 172 Å². The summed E-state index contributed by atoms with van der Waals surface area (Å²) in [5.74, 6) is -0.469. The van der Waals surface area contributed by atoms with Crippen LogP contribution >= 0.6 is 0 Å². The van der Waals surface area contributed by atoms with Gasteiger partial charge in [0.05, 0.1) is 0 Å². The Kier molecular flexibility index (Phi) is 7.95. The predicted octanol–water partition coefficient (Wildman–Crippen LogP) is 3.99. The number of hydrogen-bond donors (Lipinski definition) is 3. The van der Waals surface area contributed by atoms with Gasteiger partial charge in [-0.2, -0.15) is 0 Å². The Bertz CT molecular complexity index is 843. The number of amides is 3. The third-order valence-corrected chi connectivity index (χ3v) is 4.43. The zero-order chi connectivity index (χ0) is 21.4. The van der Waals surface area contributed by atoms with Crippen molar-refractivity contribution >= 4 is 29.1 Å². The molecule has 1 atom stereocenters. The number of nitrogens with one attached hydrogen (secondary N) is 3. The van der Waals surface area contributed by atoms with Crippen molar-refractivity contribution in [1.82, 2.24) is 5.32 Å². The van der Waals surface area contributed by atoms with Crippen LogP contribution in [0.4, 0.5) is 11.4 Å². The number of hydrogen-bond acceptors (Lipinski definition) is 3. The SMILES string of the molecule is CCc1ccc(C(=O)NC(CC(C)C)C(=O)Nc2ccc(NC(C)=O)cc2)cc1. The summed E-state index contributed by atoms with van der Waals surface area (Å²) in [5.41, 5.74) is 2.93. The lowest BCUT2D eigenvalue weighted by atomic mass is 10.0. The van der Waals surface area contributed by atoms with E-state index >= 15 is 0 Å². The molecule has 0 fully saturated rings. The van der Waals surface area contributed by atoms with Crippen molar-refractivity contribution in [2.24, 2.45) is 5.92 Å². The second-order valence-electron chi connectivity index (χ2n) is 7.45. The van der Waals surface area contributed by atoms with Crippen LogP contribution in [-0.4, -0.2) is 23.8 Å². The number of rotatable bonds is 8. The first-order valence-corrected chi connectivity index (χ1v) is 9.86. The second-order valence-corrected chi connectivity index (χ2v) is 7.45. The third-order valence-electron chi connectivity index (χ3n) is 4.43. The lowest BCUT2D eigenvalue weighted by Crippen LogP contribution is -2.44. The Balaban J connectivity index is 2.06. The zero-order valence-corrected chi connectivity index (χ0v) is 17.4. The normalized spacial score (nSPS) is 11.6. The van der Waals surface area contributed by atoms with Crippen LogP contribution in [0.25, 0.3) is 0 Å². The van der Waals surface area contributed by atoms with E-state index in [1.165, 1.54) is 6.92 Å². The van der Waals surface area contributed by atoms with Gasteiger partial charge in [0, 0.05) is 23.9 Å². The summed E-state index contributed by atoms with van der Waals surface area (Å²) in [7, 11) is 0. The molecule has 0 aliphatic heterocycles. The van der Waals surface area contributed by atoms with E-state index in [0.717, 1.165) is 12.0 Å². The van der Waals surface area contributed by atoms with Crippen molar-refractivity contribution in [2.75, 3.05) is 10.6 Å². The van der Waals surface area contributed by atoms with E-state index in [4.69, 9.17) is 0 Å². The average molecular weight is 396 g/mol. The highest BCUT2D eigenvalue weighted by molar-refractivity contribution is 6.01. The largest absolute Gasteiger partial charge is 0.340 e. The highest BCUT2D eigenvalue weighted by atomic mass is 16.2. The van der Waals surface area contributed by atoms with Crippen LogP contribution < -0.4 is 16.0 Å². The van der Waals surface area contributed by atoms with E-state index in [9.17, 15) is 14.4 Å². The smallest absolute Gasteiger partial charge is 0.251 e. The van der Waals surface area contributed by atoms with Crippen LogP contribution in [0.1, 0.15) is 50.0 Å². The summed E-state index contributed by atoms with van der Waals surface area (Å²) in [6, 6.07) is 13.6. The van der Waals surface area contributed by atoms with Gasteiger partial charge < -0.3 is 16.0 Å². The Morgan fingerprint density at radius 3 is 1.90 bits per heavy atom. The Morgan fingerprint density at radius 2 is 1.41 bits per heavy atom. The molecule has 0 saturated carbocycles. The van der Waals surface area contributed by atoms with Crippen molar-refractivity contribution in [1.29, 1.82) is 0 Å². The number of carbonyl (C=O) groups is 3. The number of benzene rings is 2. The molecule has 0 aliphatic carbocycles. The molecule has 2 aromatic carbocycles. The van der Waals surface area contributed by atoms with Gasteiger partial charge in [0.2, 0.25) is 11.8 Å². The standard InChI is InChI=1S/C23H29N3O3/c1-5-17-6-8-18(9-7-17)22(28)26-21(14-15(2)3)23(29)25-20-12-10-19(11-13-20)24-16(4)27/h6-13,15,21H,5,14H2,1-4H3,(H,24,27)(H,25,29)(H,26,28). The molecule has 0 aromatic heterocycles. The second kappa shape index (κ2) is 10.4. The minimum Gasteiger partial charge on any atom is -0.340 e. The van der Waals surface area contributed by atoms with Crippen molar-refractivity contribution in [3.63, 3.8) is 0 Å². The van der Waals surface area contributed by atoms with Crippen molar-refractivity contribution in [3.05, 3.63) is 59.7 Å².